The van der Waals surface area contributed by atoms with Crippen LogP contribution in [0, 0.1) is 5.92 Å². The third-order valence-corrected chi connectivity index (χ3v) is 5.87. The van der Waals surface area contributed by atoms with E-state index in [0.29, 0.717) is 12.0 Å². The van der Waals surface area contributed by atoms with Gasteiger partial charge >= 0.3 is 0 Å². The Balaban J connectivity index is 1.88. The summed E-state index contributed by atoms with van der Waals surface area (Å²) in [6.45, 7) is 2.12. The van der Waals surface area contributed by atoms with Crippen molar-refractivity contribution in [2.24, 2.45) is 5.92 Å². The zero-order valence-corrected chi connectivity index (χ0v) is 11.2. The lowest BCUT2D eigenvalue weighted by Crippen LogP contribution is -2.47. The Hall–Kier alpha value is -0.130. The van der Waals surface area contributed by atoms with Crippen molar-refractivity contribution in [2.45, 2.75) is 57.2 Å². The summed E-state index contributed by atoms with van der Waals surface area (Å²) in [5.41, 5.74) is 0. The Morgan fingerprint density at radius 2 is 1.82 bits per heavy atom. The molecule has 17 heavy (non-hydrogen) atoms. The molecular formula is C12H23NO3S. The minimum absolute atomic E-state index is 0.0813. The van der Waals surface area contributed by atoms with Crippen LogP contribution in [0.25, 0.3) is 0 Å². The van der Waals surface area contributed by atoms with Crippen molar-refractivity contribution in [1.29, 1.82) is 0 Å². The first-order chi connectivity index (χ1) is 7.98. The van der Waals surface area contributed by atoms with Gasteiger partial charge in [0.05, 0.1) is 17.6 Å². The molecule has 2 fully saturated rings. The minimum atomic E-state index is -3.03. The standard InChI is InChI=1S/C12H23NO3S/c1-9(10-5-3-2-4-6-10)13-11-7-17(15,16)8-12(11)14/h9-14H,2-8H2,1H3/t9-,11?,12?/m1/s1. The van der Waals surface area contributed by atoms with Crippen LogP contribution in [0.3, 0.4) is 0 Å². The van der Waals surface area contributed by atoms with E-state index < -0.39 is 15.9 Å². The topological polar surface area (TPSA) is 66.4 Å². The summed E-state index contributed by atoms with van der Waals surface area (Å²) in [6, 6.07) is 0.0418. The molecule has 2 aliphatic rings. The predicted molar refractivity (Wildman–Crippen MR) is 67.6 cm³/mol. The van der Waals surface area contributed by atoms with Crippen LogP contribution in [0.15, 0.2) is 0 Å². The number of sulfone groups is 1. The summed E-state index contributed by atoms with van der Waals surface area (Å²) in [5.74, 6) is 0.645. The average Bonchev–Trinajstić information content (AvgIpc) is 2.53. The minimum Gasteiger partial charge on any atom is -0.390 e. The van der Waals surface area contributed by atoms with Crippen molar-refractivity contribution < 1.29 is 13.5 Å². The zero-order valence-electron chi connectivity index (χ0n) is 10.4. The van der Waals surface area contributed by atoms with Gasteiger partial charge in [-0.2, -0.15) is 0 Å². The first-order valence-electron chi connectivity index (χ1n) is 6.62. The van der Waals surface area contributed by atoms with Gasteiger partial charge in [0.2, 0.25) is 0 Å². The molecule has 1 saturated heterocycles. The number of hydrogen-bond donors (Lipinski definition) is 2. The molecule has 1 saturated carbocycles. The second kappa shape index (κ2) is 5.24. The van der Waals surface area contributed by atoms with E-state index in [-0.39, 0.29) is 17.5 Å². The van der Waals surface area contributed by atoms with Gasteiger partial charge in [-0.05, 0) is 25.7 Å². The van der Waals surface area contributed by atoms with E-state index in [1.165, 1.54) is 32.1 Å². The highest BCUT2D eigenvalue weighted by Crippen LogP contribution is 2.27. The van der Waals surface area contributed by atoms with E-state index >= 15 is 0 Å². The molecule has 0 aromatic rings. The number of hydrogen-bond acceptors (Lipinski definition) is 4. The first kappa shape index (κ1) is 13.3. The molecule has 1 aliphatic heterocycles. The fraction of sp³-hybridized carbons (Fsp3) is 1.00. The lowest BCUT2D eigenvalue weighted by Gasteiger charge is -2.31. The molecule has 4 nitrogen and oxygen atoms in total. The van der Waals surface area contributed by atoms with Gasteiger partial charge in [-0.15, -0.1) is 0 Å². The van der Waals surface area contributed by atoms with Gasteiger partial charge in [0.15, 0.2) is 9.84 Å². The molecule has 0 aromatic carbocycles. The maximum absolute atomic E-state index is 11.4. The van der Waals surface area contributed by atoms with Crippen molar-refractivity contribution in [1.82, 2.24) is 5.32 Å². The predicted octanol–water partition coefficient (Wildman–Crippen LogP) is 0.703. The van der Waals surface area contributed by atoms with E-state index in [9.17, 15) is 13.5 Å². The molecule has 0 radical (unpaired) electrons. The lowest BCUT2D eigenvalue weighted by molar-refractivity contribution is 0.148. The highest BCUT2D eigenvalue weighted by atomic mass is 32.2. The van der Waals surface area contributed by atoms with Crippen LogP contribution in [0.1, 0.15) is 39.0 Å². The van der Waals surface area contributed by atoms with E-state index in [2.05, 4.69) is 12.2 Å². The molecule has 5 heteroatoms. The van der Waals surface area contributed by atoms with Gasteiger partial charge in [-0.1, -0.05) is 19.3 Å². The normalized spacial score (nSPS) is 35.9. The maximum atomic E-state index is 11.4. The Labute approximate surface area is 104 Å². The van der Waals surface area contributed by atoms with E-state index in [1.54, 1.807) is 0 Å². The summed E-state index contributed by atoms with van der Waals surface area (Å²) >= 11 is 0. The molecule has 2 rings (SSSR count). The lowest BCUT2D eigenvalue weighted by atomic mass is 9.84. The molecular weight excluding hydrogens is 238 g/mol. The fourth-order valence-electron chi connectivity index (χ4n) is 3.10. The molecule has 0 amide bonds. The van der Waals surface area contributed by atoms with E-state index in [1.807, 2.05) is 0 Å². The molecule has 2 N–H and O–H groups in total. The van der Waals surface area contributed by atoms with Gasteiger partial charge < -0.3 is 10.4 Å². The second-order valence-corrected chi connectivity index (χ2v) is 7.76. The van der Waals surface area contributed by atoms with Crippen molar-refractivity contribution in [3.63, 3.8) is 0 Å². The molecule has 0 spiro atoms. The monoisotopic (exact) mass is 261 g/mol. The summed E-state index contributed by atoms with van der Waals surface area (Å²) in [5, 5.41) is 13.1. The largest absolute Gasteiger partial charge is 0.390 e. The van der Waals surface area contributed by atoms with Crippen molar-refractivity contribution in [3.8, 4) is 0 Å². The number of aliphatic hydroxyl groups excluding tert-OH is 1. The molecule has 0 aromatic heterocycles. The third-order valence-electron chi connectivity index (χ3n) is 4.16. The van der Waals surface area contributed by atoms with Gasteiger partial charge in [0.25, 0.3) is 0 Å². The first-order valence-corrected chi connectivity index (χ1v) is 8.44. The summed E-state index contributed by atoms with van der Waals surface area (Å²) in [6.07, 6.45) is 5.60. The molecule has 100 valence electrons. The van der Waals surface area contributed by atoms with Gasteiger partial charge in [0, 0.05) is 12.1 Å². The van der Waals surface area contributed by atoms with Crippen LogP contribution in [-0.2, 0) is 9.84 Å². The molecule has 3 atom stereocenters. The van der Waals surface area contributed by atoms with Crippen molar-refractivity contribution >= 4 is 9.84 Å². The van der Waals surface area contributed by atoms with Gasteiger partial charge in [0.1, 0.15) is 0 Å². The van der Waals surface area contributed by atoms with Crippen LogP contribution in [0.2, 0.25) is 0 Å². The Kier molecular flexibility index (Phi) is 4.10. The Morgan fingerprint density at radius 3 is 2.35 bits per heavy atom. The van der Waals surface area contributed by atoms with E-state index in [4.69, 9.17) is 0 Å². The molecule has 2 unspecified atom stereocenters. The van der Waals surface area contributed by atoms with Crippen LogP contribution in [-0.4, -0.2) is 43.2 Å². The van der Waals surface area contributed by atoms with Gasteiger partial charge in [-0.3, -0.25) is 0 Å². The van der Waals surface area contributed by atoms with Crippen LogP contribution >= 0.6 is 0 Å². The molecule has 0 bridgehead atoms. The number of nitrogens with one attached hydrogen (secondary N) is 1. The van der Waals surface area contributed by atoms with Crippen LogP contribution in [0.5, 0.6) is 0 Å². The summed E-state index contributed by atoms with van der Waals surface area (Å²) in [4.78, 5) is 0. The molecule has 1 aliphatic carbocycles. The fourth-order valence-corrected chi connectivity index (χ4v) is 4.85. The summed E-state index contributed by atoms with van der Waals surface area (Å²) in [7, 11) is -3.03. The SMILES string of the molecule is C[C@@H](NC1CS(=O)(=O)CC1O)C1CCCCC1. The van der Waals surface area contributed by atoms with Crippen LogP contribution < -0.4 is 5.32 Å². The summed E-state index contributed by atoms with van der Waals surface area (Å²) < 4.78 is 22.8. The quantitative estimate of drug-likeness (QED) is 0.785. The third kappa shape index (κ3) is 3.42. The Morgan fingerprint density at radius 1 is 1.18 bits per heavy atom. The average molecular weight is 261 g/mol. The van der Waals surface area contributed by atoms with Crippen LogP contribution in [0.4, 0.5) is 0 Å². The number of rotatable bonds is 3. The molecule has 1 heterocycles. The van der Waals surface area contributed by atoms with E-state index in [0.717, 1.165) is 0 Å². The maximum Gasteiger partial charge on any atom is 0.154 e. The van der Waals surface area contributed by atoms with Gasteiger partial charge in [-0.25, -0.2) is 8.42 Å². The smallest absolute Gasteiger partial charge is 0.154 e. The Bertz CT molecular complexity index is 349. The highest BCUT2D eigenvalue weighted by Gasteiger charge is 2.37. The van der Waals surface area contributed by atoms with Crippen molar-refractivity contribution in [3.05, 3.63) is 0 Å². The zero-order chi connectivity index (χ0) is 12.5. The van der Waals surface area contributed by atoms with Crippen molar-refractivity contribution in [2.75, 3.05) is 11.5 Å². The number of aliphatic hydroxyl groups is 1. The highest BCUT2D eigenvalue weighted by molar-refractivity contribution is 7.91. The second-order valence-electron chi connectivity index (χ2n) is 5.60.